The zero-order valence-corrected chi connectivity index (χ0v) is 10.1. The van der Waals surface area contributed by atoms with Crippen LogP contribution in [0.25, 0.3) is 0 Å². The van der Waals surface area contributed by atoms with Crippen molar-refractivity contribution in [2.24, 2.45) is 0 Å². The molecule has 0 saturated carbocycles. The Labute approximate surface area is 89.1 Å². The molecule has 2 nitrogen and oxygen atoms in total. The molecular weight excluding hydrogens is 174 g/mol. The van der Waals surface area contributed by atoms with Crippen molar-refractivity contribution in [2.45, 2.75) is 64.8 Å². The minimum absolute atomic E-state index is 0.189. The third-order valence-electron chi connectivity index (χ3n) is 2.62. The lowest BCUT2D eigenvalue weighted by Crippen LogP contribution is -2.40. The van der Waals surface area contributed by atoms with Crippen molar-refractivity contribution in [2.75, 3.05) is 13.2 Å². The van der Waals surface area contributed by atoms with Gasteiger partial charge in [-0.25, -0.2) is 0 Å². The number of unbranched alkanes of at least 4 members (excludes halogenated alkanes) is 4. The summed E-state index contributed by atoms with van der Waals surface area (Å²) in [5.74, 6) is 0. The van der Waals surface area contributed by atoms with Crippen molar-refractivity contribution in [1.82, 2.24) is 5.32 Å². The summed E-state index contributed by atoms with van der Waals surface area (Å²) in [7, 11) is 0. The molecule has 0 atom stereocenters. The molecule has 0 aromatic rings. The molecule has 0 amide bonds. The highest BCUT2D eigenvalue weighted by molar-refractivity contribution is 4.76. The first-order chi connectivity index (χ1) is 6.62. The third kappa shape index (κ3) is 8.52. The molecule has 0 aromatic carbocycles. The van der Waals surface area contributed by atoms with E-state index in [1.54, 1.807) is 0 Å². The van der Waals surface area contributed by atoms with E-state index in [0.29, 0.717) is 6.54 Å². The molecule has 14 heavy (non-hydrogen) atoms. The Kier molecular flexibility index (Phi) is 8.20. The summed E-state index contributed by atoms with van der Waals surface area (Å²) in [5, 5.41) is 12.1. The van der Waals surface area contributed by atoms with Gasteiger partial charge in [-0.05, 0) is 20.3 Å². The third-order valence-corrected chi connectivity index (χ3v) is 2.62. The van der Waals surface area contributed by atoms with E-state index in [0.717, 1.165) is 0 Å². The minimum Gasteiger partial charge on any atom is -0.395 e. The Morgan fingerprint density at radius 3 is 2.29 bits per heavy atom. The molecule has 0 heterocycles. The molecule has 0 radical (unpaired) electrons. The van der Waals surface area contributed by atoms with Gasteiger partial charge >= 0.3 is 0 Å². The number of aliphatic hydroxyl groups excluding tert-OH is 1. The molecule has 0 rings (SSSR count). The van der Waals surface area contributed by atoms with Crippen LogP contribution in [0, 0.1) is 0 Å². The topological polar surface area (TPSA) is 32.3 Å². The van der Waals surface area contributed by atoms with E-state index in [-0.39, 0.29) is 12.1 Å². The quantitative estimate of drug-likeness (QED) is 0.562. The van der Waals surface area contributed by atoms with Crippen LogP contribution in [0.3, 0.4) is 0 Å². The van der Waals surface area contributed by atoms with Crippen LogP contribution in [0.15, 0.2) is 0 Å². The molecule has 2 heteroatoms. The second-order valence-electron chi connectivity index (χ2n) is 4.70. The maximum absolute atomic E-state index is 8.71. The van der Waals surface area contributed by atoms with Crippen LogP contribution in [0.4, 0.5) is 0 Å². The molecule has 0 aliphatic rings. The Morgan fingerprint density at radius 1 is 1.07 bits per heavy atom. The fourth-order valence-electron chi connectivity index (χ4n) is 1.65. The van der Waals surface area contributed by atoms with Gasteiger partial charge in [0.25, 0.3) is 0 Å². The van der Waals surface area contributed by atoms with E-state index in [1.165, 1.54) is 38.5 Å². The van der Waals surface area contributed by atoms with Crippen molar-refractivity contribution in [3.63, 3.8) is 0 Å². The van der Waals surface area contributed by atoms with Crippen molar-refractivity contribution in [3.05, 3.63) is 0 Å². The van der Waals surface area contributed by atoms with Crippen LogP contribution >= 0.6 is 0 Å². The van der Waals surface area contributed by atoms with Crippen LogP contribution in [0.1, 0.15) is 59.3 Å². The van der Waals surface area contributed by atoms with Crippen molar-refractivity contribution in [3.8, 4) is 0 Å². The molecule has 0 aromatic heterocycles. The summed E-state index contributed by atoms with van der Waals surface area (Å²) in [5.41, 5.74) is 0.189. The second kappa shape index (κ2) is 8.25. The molecule has 86 valence electrons. The number of nitrogens with one attached hydrogen (secondary N) is 1. The number of hydrogen-bond acceptors (Lipinski definition) is 2. The largest absolute Gasteiger partial charge is 0.395 e. The van der Waals surface area contributed by atoms with Crippen molar-refractivity contribution < 1.29 is 5.11 Å². The fourth-order valence-corrected chi connectivity index (χ4v) is 1.65. The molecule has 0 saturated heterocycles. The molecule has 0 fully saturated rings. The van der Waals surface area contributed by atoms with Crippen LogP contribution in [-0.4, -0.2) is 23.8 Å². The van der Waals surface area contributed by atoms with Gasteiger partial charge in [-0.2, -0.15) is 0 Å². The average molecular weight is 201 g/mol. The molecular formula is C12H27NO. The van der Waals surface area contributed by atoms with E-state index in [4.69, 9.17) is 5.11 Å². The van der Waals surface area contributed by atoms with Crippen LogP contribution in [0.5, 0.6) is 0 Å². The first-order valence-electron chi connectivity index (χ1n) is 5.98. The first kappa shape index (κ1) is 13.9. The summed E-state index contributed by atoms with van der Waals surface area (Å²) in [4.78, 5) is 0. The minimum atomic E-state index is 0.189. The summed E-state index contributed by atoms with van der Waals surface area (Å²) < 4.78 is 0. The van der Waals surface area contributed by atoms with Gasteiger partial charge < -0.3 is 10.4 Å². The Hall–Kier alpha value is -0.0800. The van der Waals surface area contributed by atoms with Gasteiger partial charge in [0, 0.05) is 12.1 Å². The molecule has 0 spiro atoms. The van der Waals surface area contributed by atoms with Crippen molar-refractivity contribution >= 4 is 0 Å². The maximum Gasteiger partial charge on any atom is 0.0556 e. The van der Waals surface area contributed by atoms with Crippen molar-refractivity contribution in [1.29, 1.82) is 0 Å². The fraction of sp³-hybridized carbons (Fsp3) is 1.00. The van der Waals surface area contributed by atoms with Gasteiger partial charge in [0.2, 0.25) is 0 Å². The monoisotopic (exact) mass is 201 g/mol. The summed E-state index contributed by atoms with van der Waals surface area (Å²) in [6.45, 7) is 7.61. The normalized spacial score (nSPS) is 12.0. The smallest absolute Gasteiger partial charge is 0.0556 e. The Bertz CT molecular complexity index is 123. The Morgan fingerprint density at radius 2 is 1.71 bits per heavy atom. The van der Waals surface area contributed by atoms with Gasteiger partial charge in [0.1, 0.15) is 0 Å². The lowest BCUT2D eigenvalue weighted by atomic mass is 9.96. The van der Waals surface area contributed by atoms with E-state index >= 15 is 0 Å². The Balaban J connectivity index is 3.35. The predicted octanol–water partition coefficient (Wildman–Crippen LogP) is 2.71. The van der Waals surface area contributed by atoms with E-state index in [9.17, 15) is 0 Å². The lowest BCUT2D eigenvalue weighted by molar-refractivity contribution is 0.258. The maximum atomic E-state index is 8.71. The lowest BCUT2D eigenvalue weighted by Gasteiger charge is -2.26. The molecule has 2 N–H and O–H groups in total. The zero-order chi connectivity index (χ0) is 10.9. The SMILES string of the molecule is CCCCCCCC(C)(C)NCCO. The van der Waals surface area contributed by atoms with Gasteiger partial charge in [-0.3, -0.25) is 0 Å². The van der Waals surface area contributed by atoms with Gasteiger partial charge in [0.05, 0.1) is 6.61 Å². The summed E-state index contributed by atoms with van der Waals surface area (Å²) >= 11 is 0. The highest BCUT2D eigenvalue weighted by Gasteiger charge is 2.14. The number of rotatable bonds is 9. The van der Waals surface area contributed by atoms with Gasteiger partial charge in [-0.15, -0.1) is 0 Å². The molecule has 0 unspecified atom stereocenters. The van der Waals surface area contributed by atoms with Crippen LogP contribution in [-0.2, 0) is 0 Å². The van der Waals surface area contributed by atoms with Gasteiger partial charge in [-0.1, -0.05) is 39.0 Å². The number of β-amino-alcohol motifs (C(OH)–C–C–N with tert-alkyl or cyclic N) is 1. The molecule has 0 aliphatic carbocycles. The zero-order valence-electron chi connectivity index (χ0n) is 10.1. The highest BCUT2D eigenvalue weighted by Crippen LogP contribution is 2.14. The summed E-state index contributed by atoms with van der Waals surface area (Å²) in [6.07, 6.45) is 7.89. The predicted molar refractivity (Wildman–Crippen MR) is 62.5 cm³/mol. The van der Waals surface area contributed by atoms with E-state index in [2.05, 4.69) is 26.1 Å². The highest BCUT2D eigenvalue weighted by atomic mass is 16.3. The van der Waals surface area contributed by atoms with E-state index < -0.39 is 0 Å². The summed E-state index contributed by atoms with van der Waals surface area (Å²) in [6, 6.07) is 0. The number of hydrogen-bond donors (Lipinski definition) is 2. The second-order valence-corrected chi connectivity index (χ2v) is 4.70. The first-order valence-corrected chi connectivity index (χ1v) is 5.98. The number of aliphatic hydroxyl groups is 1. The standard InChI is InChI=1S/C12H27NO/c1-4-5-6-7-8-9-12(2,3)13-10-11-14/h13-14H,4-11H2,1-3H3. The van der Waals surface area contributed by atoms with E-state index in [1.807, 2.05) is 0 Å². The molecule has 0 aliphatic heterocycles. The van der Waals surface area contributed by atoms with Crippen LogP contribution < -0.4 is 5.32 Å². The van der Waals surface area contributed by atoms with Crippen LogP contribution in [0.2, 0.25) is 0 Å². The average Bonchev–Trinajstić information content (AvgIpc) is 2.15. The van der Waals surface area contributed by atoms with Gasteiger partial charge in [0.15, 0.2) is 0 Å². The molecule has 0 bridgehead atoms.